The van der Waals surface area contributed by atoms with Gasteiger partial charge in [-0.25, -0.2) is 4.79 Å². The van der Waals surface area contributed by atoms with Crippen molar-refractivity contribution in [3.63, 3.8) is 0 Å². The number of anilines is 1. The number of aromatic nitrogens is 4. The summed E-state index contributed by atoms with van der Waals surface area (Å²) in [5, 5.41) is 0. The second-order valence-corrected chi connectivity index (χ2v) is 7.92. The Labute approximate surface area is 168 Å². The number of imidazole rings is 1. The van der Waals surface area contributed by atoms with Gasteiger partial charge >= 0.3 is 5.69 Å². The summed E-state index contributed by atoms with van der Waals surface area (Å²) in [5.74, 6) is 0.801. The number of hydrogen-bond acceptors (Lipinski definition) is 5. The van der Waals surface area contributed by atoms with Crippen LogP contribution >= 0.6 is 0 Å². The maximum absolute atomic E-state index is 13.1. The van der Waals surface area contributed by atoms with Gasteiger partial charge in [0.2, 0.25) is 5.95 Å². The molecule has 0 saturated heterocycles. The maximum atomic E-state index is 13.1. The van der Waals surface area contributed by atoms with Crippen LogP contribution in [0.3, 0.4) is 0 Å². The second kappa shape index (κ2) is 7.35. The van der Waals surface area contributed by atoms with Gasteiger partial charge in [-0.15, -0.1) is 0 Å². The Bertz CT molecular complexity index is 1190. The van der Waals surface area contributed by atoms with Crippen LogP contribution in [-0.2, 0) is 31.4 Å². The van der Waals surface area contributed by atoms with Crippen LogP contribution in [0.2, 0.25) is 0 Å². The number of carbonyl (C=O) groups excluding carboxylic acids is 1. The maximum Gasteiger partial charge on any atom is 0.332 e. The van der Waals surface area contributed by atoms with Gasteiger partial charge in [0.1, 0.15) is 5.78 Å². The fourth-order valence-electron chi connectivity index (χ4n) is 4.06. The van der Waals surface area contributed by atoms with Gasteiger partial charge in [0.25, 0.3) is 5.56 Å². The molecule has 0 fully saturated rings. The molecule has 0 bridgehead atoms. The predicted molar refractivity (Wildman–Crippen MR) is 111 cm³/mol. The van der Waals surface area contributed by atoms with Crippen LogP contribution in [-0.4, -0.2) is 37.6 Å². The summed E-state index contributed by atoms with van der Waals surface area (Å²) >= 11 is 0. The highest BCUT2D eigenvalue weighted by Crippen LogP contribution is 2.26. The van der Waals surface area contributed by atoms with Crippen molar-refractivity contribution >= 4 is 22.9 Å². The van der Waals surface area contributed by atoms with Crippen molar-refractivity contribution in [2.45, 2.75) is 33.4 Å². The minimum atomic E-state index is -0.517. The number of aryl methyl sites for hydroxylation is 1. The van der Waals surface area contributed by atoms with Gasteiger partial charge in [-0.3, -0.25) is 18.7 Å². The molecule has 152 valence electrons. The van der Waals surface area contributed by atoms with Gasteiger partial charge in [0.05, 0.1) is 6.54 Å². The summed E-state index contributed by atoms with van der Waals surface area (Å²) in [4.78, 5) is 44.1. The molecule has 0 aliphatic carbocycles. The number of ketones is 1. The van der Waals surface area contributed by atoms with Crippen molar-refractivity contribution in [2.75, 3.05) is 18.0 Å². The molecule has 1 aromatic carbocycles. The van der Waals surface area contributed by atoms with E-state index in [2.05, 4.69) is 28.9 Å². The van der Waals surface area contributed by atoms with E-state index in [9.17, 15) is 14.4 Å². The zero-order chi connectivity index (χ0) is 20.7. The molecule has 1 aliphatic heterocycles. The summed E-state index contributed by atoms with van der Waals surface area (Å²) < 4.78 is 4.28. The molecule has 0 spiro atoms. The molecule has 3 aromatic rings. The van der Waals surface area contributed by atoms with E-state index in [4.69, 9.17) is 0 Å². The minimum Gasteiger partial charge on any atom is -0.342 e. The first-order chi connectivity index (χ1) is 13.9. The van der Waals surface area contributed by atoms with Crippen molar-refractivity contribution in [2.24, 2.45) is 13.0 Å². The lowest BCUT2D eigenvalue weighted by Gasteiger charge is -2.33. The van der Waals surface area contributed by atoms with Crippen molar-refractivity contribution in [3.8, 4) is 0 Å². The number of hydrogen-bond donors (Lipinski definition) is 0. The van der Waals surface area contributed by atoms with E-state index < -0.39 is 11.2 Å². The lowest BCUT2D eigenvalue weighted by Crippen LogP contribution is -2.42. The zero-order valence-electron chi connectivity index (χ0n) is 17.0. The van der Waals surface area contributed by atoms with E-state index >= 15 is 0 Å². The number of carbonyl (C=O) groups is 1. The molecule has 1 unspecified atom stereocenters. The number of rotatable bonds is 5. The van der Waals surface area contributed by atoms with E-state index in [-0.39, 0.29) is 12.3 Å². The average molecular weight is 395 g/mol. The topological polar surface area (TPSA) is 82.1 Å². The fourth-order valence-corrected chi connectivity index (χ4v) is 4.06. The third-order valence-corrected chi connectivity index (χ3v) is 5.42. The Morgan fingerprint density at radius 3 is 2.59 bits per heavy atom. The van der Waals surface area contributed by atoms with Crippen molar-refractivity contribution < 1.29 is 4.79 Å². The molecule has 0 amide bonds. The van der Waals surface area contributed by atoms with Crippen LogP contribution in [0.1, 0.15) is 19.4 Å². The van der Waals surface area contributed by atoms with Gasteiger partial charge in [-0.2, -0.15) is 4.98 Å². The molecule has 29 heavy (non-hydrogen) atoms. The Kier molecular flexibility index (Phi) is 4.86. The van der Waals surface area contributed by atoms with Crippen LogP contribution in [0.4, 0.5) is 5.95 Å². The van der Waals surface area contributed by atoms with Gasteiger partial charge in [0.15, 0.2) is 11.2 Å². The molecular formula is C21H25N5O3. The summed E-state index contributed by atoms with van der Waals surface area (Å²) in [7, 11) is 1.59. The van der Waals surface area contributed by atoms with Crippen LogP contribution in [0.25, 0.3) is 11.2 Å². The van der Waals surface area contributed by atoms with Crippen molar-refractivity contribution in [1.82, 2.24) is 18.7 Å². The number of nitrogens with zero attached hydrogens (tertiary/aromatic N) is 5. The molecule has 1 atom stereocenters. The largest absolute Gasteiger partial charge is 0.342 e. The molecular weight excluding hydrogens is 370 g/mol. The summed E-state index contributed by atoms with van der Waals surface area (Å²) in [5.41, 5.74) is 1.03. The molecule has 0 radical (unpaired) electrons. The monoisotopic (exact) mass is 395 g/mol. The molecule has 8 heteroatoms. The van der Waals surface area contributed by atoms with E-state index in [0.29, 0.717) is 29.6 Å². The molecule has 0 saturated carbocycles. The number of benzene rings is 1. The van der Waals surface area contributed by atoms with Crippen LogP contribution in [0.15, 0.2) is 39.9 Å². The lowest BCUT2D eigenvalue weighted by atomic mass is 10.1. The second-order valence-electron chi connectivity index (χ2n) is 7.92. The standard InChI is InChI=1S/C21H25N5O3/c1-14-11-24(10-9-16-7-5-4-6-8-16)20-22-18-17(25(20)12-14)19(28)26(13-15(2)27)21(29)23(18)3/h4-8,14H,9-13H2,1-3H3. The SMILES string of the molecule is CC(=O)Cn1c(=O)c2c(nc3n2CC(C)CN3CCc2ccccc2)n(C)c1=O. The van der Waals surface area contributed by atoms with Crippen LogP contribution < -0.4 is 16.1 Å². The van der Waals surface area contributed by atoms with Crippen molar-refractivity contribution in [1.29, 1.82) is 0 Å². The van der Waals surface area contributed by atoms with Gasteiger partial charge in [-0.05, 0) is 24.8 Å². The van der Waals surface area contributed by atoms with Gasteiger partial charge in [-0.1, -0.05) is 37.3 Å². The first kappa shape index (κ1) is 19.2. The van der Waals surface area contributed by atoms with Gasteiger partial charge in [0, 0.05) is 26.7 Å². The van der Waals surface area contributed by atoms with Crippen molar-refractivity contribution in [3.05, 3.63) is 56.7 Å². The number of Topliss-reactive ketones (excluding diaryl/α,β-unsaturated/α-hetero) is 1. The normalized spacial score (nSPS) is 16.2. The third kappa shape index (κ3) is 3.39. The summed E-state index contributed by atoms with van der Waals surface area (Å²) in [6.07, 6.45) is 0.865. The quantitative estimate of drug-likeness (QED) is 0.648. The summed E-state index contributed by atoms with van der Waals surface area (Å²) in [6, 6.07) is 10.2. The average Bonchev–Trinajstić information content (AvgIpc) is 3.08. The highest BCUT2D eigenvalue weighted by atomic mass is 16.2. The van der Waals surface area contributed by atoms with E-state index in [1.165, 1.54) is 17.1 Å². The first-order valence-corrected chi connectivity index (χ1v) is 9.85. The third-order valence-electron chi connectivity index (χ3n) is 5.42. The minimum absolute atomic E-state index is 0.227. The fraction of sp³-hybridized carbons (Fsp3) is 0.429. The predicted octanol–water partition coefficient (Wildman–Crippen LogP) is 1.18. The highest BCUT2D eigenvalue weighted by molar-refractivity contribution is 5.77. The number of fused-ring (bicyclic) bond motifs is 3. The Morgan fingerprint density at radius 1 is 1.17 bits per heavy atom. The smallest absolute Gasteiger partial charge is 0.332 e. The zero-order valence-corrected chi connectivity index (χ0v) is 17.0. The summed E-state index contributed by atoms with van der Waals surface area (Å²) in [6.45, 7) is 5.55. The first-order valence-electron chi connectivity index (χ1n) is 9.85. The Morgan fingerprint density at radius 2 is 1.90 bits per heavy atom. The van der Waals surface area contributed by atoms with Crippen LogP contribution in [0.5, 0.6) is 0 Å². The van der Waals surface area contributed by atoms with Crippen LogP contribution in [0, 0.1) is 5.92 Å². The Balaban J connectivity index is 1.81. The molecule has 0 N–H and O–H groups in total. The lowest BCUT2D eigenvalue weighted by molar-refractivity contribution is -0.117. The van der Waals surface area contributed by atoms with E-state index in [1.807, 2.05) is 22.8 Å². The van der Waals surface area contributed by atoms with Gasteiger partial charge < -0.3 is 9.47 Å². The van der Waals surface area contributed by atoms with E-state index in [1.54, 1.807) is 7.05 Å². The molecule has 1 aliphatic rings. The Hall–Kier alpha value is -3.16. The molecule has 3 heterocycles. The molecule has 8 nitrogen and oxygen atoms in total. The molecule has 2 aromatic heterocycles. The highest BCUT2D eigenvalue weighted by Gasteiger charge is 2.28. The molecule has 4 rings (SSSR count). The van der Waals surface area contributed by atoms with E-state index in [0.717, 1.165) is 24.1 Å².